The van der Waals surface area contributed by atoms with Gasteiger partial charge in [0.05, 0.1) is 19.9 Å². The monoisotopic (exact) mass is 471 g/mol. The van der Waals surface area contributed by atoms with Gasteiger partial charge >= 0.3 is 0 Å². The van der Waals surface area contributed by atoms with Crippen LogP contribution >= 0.6 is 15.9 Å². The SMILES string of the molecule is COc1ccc(CN(Cc2ccc(OC)cc2)c2cc(Br)c(C=O)c(C)c2F)cc1. The number of halogens is 2. The number of methoxy groups -OCH3 is 2. The molecule has 0 bridgehead atoms. The lowest BCUT2D eigenvalue weighted by Crippen LogP contribution is -2.24. The summed E-state index contributed by atoms with van der Waals surface area (Å²) >= 11 is 3.41. The van der Waals surface area contributed by atoms with Crippen LogP contribution in [0.4, 0.5) is 10.1 Å². The number of benzene rings is 3. The van der Waals surface area contributed by atoms with Crippen LogP contribution in [-0.4, -0.2) is 20.5 Å². The van der Waals surface area contributed by atoms with E-state index in [-0.39, 0.29) is 0 Å². The van der Waals surface area contributed by atoms with Crippen LogP contribution in [0.5, 0.6) is 11.5 Å². The molecule has 0 amide bonds. The van der Waals surface area contributed by atoms with Crippen molar-refractivity contribution in [3.05, 3.63) is 87.1 Å². The summed E-state index contributed by atoms with van der Waals surface area (Å²) in [5.41, 5.74) is 3.10. The molecule has 0 aliphatic carbocycles. The molecule has 0 spiro atoms. The Hall–Kier alpha value is -2.86. The maximum absolute atomic E-state index is 15.3. The maximum Gasteiger partial charge on any atom is 0.151 e. The Kier molecular flexibility index (Phi) is 7.11. The second kappa shape index (κ2) is 9.76. The highest BCUT2D eigenvalue weighted by molar-refractivity contribution is 9.10. The van der Waals surface area contributed by atoms with Crippen LogP contribution in [0.2, 0.25) is 0 Å². The Balaban J connectivity index is 2.00. The molecule has 3 rings (SSSR count). The molecule has 0 fully saturated rings. The van der Waals surface area contributed by atoms with Gasteiger partial charge in [0.25, 0.3) is 0 Å². The lowest BCUT2D eigenvalue weighted by atomic mass is 10.1. The maximum atomic E-state index is 15.3. The summed E-state index contributed by atoms with van der Waals surface area (Å²) in [6, 6.07) is 17.0. The minimum absolute atomic E-state index is 0.323. The number of nitrogens with zero attached hydrogens (tertiary/aromatic N) is 1. The topological polar surface area (TPSA) is 38.8 Å². The molecule has 0 atom stereocenters. The molecule has 0 unspecified atom stereocenters. The van der Waals surface area contributed by atoms with Crippen LogP contribution < -0.4 is 14.4 Å². The molecule has 0 heterocycles. The smallest absolute Gasteiger partial charge is 0.151 e. The fourth-order valence-corrected chi connectivity index (χ4v) is 3.86. The summed E-state index contributed by atoms with van der Waals surface area (Å²) in [7, 11) is 3.24. The fraction of sp³-hybridized carbons (Fsp3) is 0.208. The molecule has 0 saturated heterocycles. The summed E-state index contributed by atoms with van der Waals surface area (Å²) in [6.45, 7) is 2.59. The van der Waals surface area contributed by atoms with Crippen LogP contribution in [0.25, 0.3) is 0 Å². The Morgan fingerprint density at radius 3 is 1.80 bits per heavy atom. The van der Waals surface area contributed by atoms with Crippen molar-refractivity contribution in [3.8, 4) is 11.5 Å². The van der Waals surface area contributed by atoms with Crippen molar-refractivity contribution in [2.24, 2.45) is 0 Å². The van der Waals surface area contributed by atoms with E-state index in [1.165, 1.54) is 0 Å². The average Bonchev–Trinajstić information content (AvgIpc) is 2.77. The van der Waals surface area contributed by atoms with Gasteiger partial charge in [0.2, 0.25) is 0 Å². The second-order valence-corrected chi connectivity index (χ2v) is 7.75. The molecule has 0 aliphatic heterocycles. The van der Waals surface area contributed by atoms with E-state index in [9.17, 15) is 4.79 Å². The molecular formula is C24H23BrFNO3. The summed E-state index contributed by atoms with van der Waals surface area (Å²) in [5, 5.41) is 0. The predicted molar refractivity (Wildman–Crippen MR) is 120 cm³/mol. The van der Waals surface area contributed by atoms with Gasteiger partial charge in [0, 0.05) is 23.1 Å². The van der Waals surface area contributed by atoms with E-state index < -0.39 is 5.82 Å². The predicted octanol–water partition coefficient (Wildman–Crippen LogP) is 5.93. The number of ether oxygens (including phenoxy) is 2. The van der Waals surface area contributed by atoms with Crippen molar-refractivity contribution in [1.29, 1.82) is 0 Å². The zero-order chi connectivity index (χ0) is 21.7. The van der Waals surface area contributed by atoms with E-state index in [2.05, 4.69) is 15.9 Å². The van der Waals surface area contributed by atoms with E-state index in [4.69, 9.17) is 9.47 Å². The zero-order valence-corrected chi connectivity index (χ0v) is 18.7. The van der Waals surface area contributed by atoms with E-state index in [0.29, 0.717) is 40.7 Å². The Morgan fingerprint density at radius 1 is 0.933 bits per heavy atom. The number of anilines is 1. The van der Waals surface area contributed by atoms with Gasteiger partial charge in [-0.15, -0.1) is 0 Å². The van der Waals surface area contributed by atoms with Crippen molar-refractivity contribution >= 4 is 27.9 Å². The highest BCUT2D eigenvalue weighted by Crippen LogP contribution is 2.32. The lowest BCUT2D eigenvalue weighted by Gasteiger charge is -2.27. The van der Waals surface area contributed by atoms with Gasteiger partial charge in [-0.3, -0.25) is 4.79 Å². The van der Waals surface area contributed by atoms with Crippen LogP contribution in [0, 0.1) is 12.7 Å². The summed E-state index contributed by atoms with van der Waals surface area (Å²) in [6.07, 6.45) is 0.670. The Bertz CT molecular complexity index is 971. The third-order valence-corrected chi connectivity index (χ3v) is 5.66. The number of carbonyl (C=O) groups excluding carboxylic acids is 1. The first kappa shape index (κ1) is 21.8. The Morgan fingerprint density at radius 2 is 1.40 bits per heavy atom. The van der Waals surface area contributed by atoms with Crippen molar-refractivity contribution in [2.45, 2.75) is 20.0 Å². The molecule has 0 N–H and O–H groups in total. The van der Waals surface area contributed by atoms with Crippen molar-refractivity contribution in [2.75, 3.05) is 19.1 Å². The van der Waals surface area contributed by atoms with Crippen LogP contribution in [0.15, 0.2) is 59.1 Å². The van der Waals surface area contributed by atoms with E-state index in [1.807, 2.05) is 53.4 Å². The van der Waals surface area contributed by atoms with Crippen LogP contribution in [0.3, 0.4) is 0 Å². The van der Waals surface area contributed by atoms with Gasteiger partial charge in [0.1, 0.15) is 17.3 Å². The molecular weight excluding hydrogens is 449 g/mol. The molecule has 0 radical (unpaired) electrons. The first-order valence-corrected chi connectivity index (χ1v) is 10.2. The molecule has 6 heteroatoms. The van der Waals surface area contributed by atoms with E-state index in [0.717, 1.165) is 22.6 Å². The molecule has 0 aliphatic rings. The minimum Gasteiger partial charge on any atom is -0.497 e. The van der Waals surface area contributed by atoms with Crippen molar-refractivity contribution in [3.63, 3.8) is 0 Å². The number of hydrogen-bond donors (Lipinski definition) is 0. The van der Waals surface area contributed by atoms with Crippen LogP contribution in [-0.2, 0) is 13.1 Å². The zero-order valence-electron chi connectivity index (χ0n) is 17.1. The molecule has 156 valence electrons. The molecule has 4 nitrogen and oxygen atoms in total. The largest absolute Gasteiger partial charge is 0.497 e. The number of aldehydes is 1. The fourth-order valence-electron chi connectivity index (χ4n) is 3.25. The van der Waals surface area contributed by atoms with Gasteiger partial charge in [0.15, 0.2) is 6.29 Å². The van der Waals surface area contributed by atoms with Gasteiger partial charge in [-0.25, -0.2) is 4.39 Å². The minimum atomic E-state index is -0.401. The number of rotatable bonds is 8. The molecule has 0 saturated carbocycles. The van der Waals surface area contributed by atoms with E-state index in [1.54, 1.807) is 27.2 Å². The lowest BCUT2D eigenvalue weighted by molar-refractivity contribution is 0.112. The highest BCUT2D eigenvalue weighted by Gasteiger charge is 2.19. The first-order valence-electron chi connectivity index (χ1n) is 9.41. The van der Waals surface area contributed by atoms with Crippen molar-refractivity contribution in [1.82, 2.24) is 0 Å². The molecule has 3 aromatic carbocycles. The third-order valence-electron chi connectivity index (χ3n) is 5.00. The van der Waals surface area contributed by atoms with Crippen molar-refractivity contribution < 1.29 is 18.7 Å². The van der Waals surface area contributed by atoms with Gasteiger partial charge < -0.3 is 14.4 Å². The molecule has 0 aromatic heterocycles. The third kappa shape index (κ3) is 4.82. The summed E-state index contributed by atoms with van der Waals surface area (Å²) in [4.78, 5) is 13.3. The average molecular weight is 472 g/mol. The summed E-state index contributed by atoms with van der Waals surface area (Å²) in [5.74, 6) is 1.13. The normalized spacial score (nSPS) is 10.6. The number of hydrogen-bond acceptors (Lipinski definition) is 4. The molecule has 3 aromatic rings. The molecule has 30 heavy (non-hydrogen) atoms. The summed E-state index contributed by atoms with van der Waals surface area (Å²) < 4.78 is 26.3. The highest BCUT2D eigenvalue weighted by atomic mass is 79.9. The van der Waals surface area contributed by atoms with Crippen LogP contribution in [0.1, 0.15) is 27.0 Å². The standard InChI is InChI=1S/C24H23BrFNO3/c1-16-21(15-28)22(25)12-23(24(16)26)27(13-17-4-8-19(29-2)9-5-17)14-18-6-10-20(30-3)11-7-18/h4-12,15H,13-14H2,1-3H3. The first-order chi connectivity index (χ1) is 14.5. The van der Waals surface area contributed by atoms with E-state index >= 15 is 4.39 Å². The number of carbonyl (C=O) groups is 1. The second-order valence-electron chi connectivity index (χ2n) is 6.90. The van der Waals surface area contributed by atoms with Gasteiger partial charge in [-0.1, -0.05) is 24.3 Å². The Labute approximate surface area is 184 Å². The quantitative estimate of drug-likeness (QED) is 0.381. The van der Waals surface area contributed by atoms with Gasteiger partial charge in [-0.2, -0.15) is 0 Å². The van der Waals surface area contributed by atoms with Gasteiger partial charge in [-0.05, 0) is 69.9 Å².